The van der Waals surface area contributed by atoms with Crippen LogP contribution in [0.3, 0.4) is 0 Å². The SMILES string of the molecule is CCCCCCCCCCCCCC(=O)OC[C@H](COP(=O)(O)OC[C@H](O)COP(=O)(O)OC[C@@H](COC(=O)CCCCCCCCCCCCCCCCCCC(C)C)OC(=O)CCCCCCCCCCCCCCCCCCCCC(C)C)OC(=O)CCCCCCCCCCC(C)CC. The third-order valence-corrected chi connectivity index (χ3v) is 21.9. The van der Waals surface area contributed by atoms with Gasteiger partial charge in [0.1, 0.15) is 19.3 Å². The topological polar surface area (TPSA) is 237 Å². The molecule has 0 fully saturated rings. The molecule has 19 heteroatoms. The van der Waals surface area contributed by atoms with Crippen LogP contribution in [-0.2, 0) is 65.4 Å². The minimum atomic E-state index is -4.96. The van der Waals surface area contributed by atoms with Gasteiger partial charge in [0.15, 0.2) is 12.2 Å². The van der Waals surface area contributed by atoms with Crippen LogP contribution in [0.5, 0.6) is 0 Å². The minimum absolute atomic E-state index is 0.105. The lowest BCUT2D eigenvalue weighted by atomic mass is 9.99. The second-order valence-electron chi connectivity index (χ2n) is 31.4. The summed E-state index contributed by atoms with van der Waals surface area (Å²) in [6, 6.07) is 0. The van der Waals surface area contributed by atoms with Gasteiger partial charge in [-0.25, -0.2) is 9.13 Å². The van der Waals surface area contributed by atoms with Gasteiger partial charge in [0, 0.05) is 25.7 Å². The number of carbonyl (C=O) groups is 4. The molecule has 0 rings (SSSR count). The summed E-state index contributed by atoms with van der Waals surface area (Å²) < 4.78 is 68.8. The Morgan fingerprint density at radius 1 is 0.282 bits per heavy atom. The van der Waals surface area contributed by atoms with Crippen molar-refractivity contribution in [3.63, 3.8) is 0 Å². The van der Waals surface area contributed by atoms with E-state index in [2.05, 4.69) is 48.5 Å². The predicted molar refractivity (Wildman–Crippen MR) is 423 cm³/mol. The standard InChI is InChI=1S/C84H164O17P2/c1-8-10-11-12-13-14-29-36-44-51-58-65-81(86)94-72-80(101-84(89)68-61-54-47-40-39-43-50-57-64-77(7)9-2)74-99-103(92,93)97-70-78(85)69-96-102(90,91)98-73-79(71-95-82(87)66-59-52-45-37-32-27-23-20-19-22-26-31-35-42-49-56-63-76(5)6)100-83(88)67-60-53-46-38-33-28-24-18-16-15-17-21-25-30-34-41-48-55-62-75(3)4/h75-80,85H,8-74H2,1-7H3,(H,90,91)(H,92,93)/t77?,78-,79-,80-/m1/s1. The Morgan fingerprint density at radius 2 is 0.495 bits per heavy atom. The molecule has 0 saturated heterocycles. The van der Waals surface area contributed by atoms with Gasteiger partial charge in [-0.15, -0.1) is 0 Å². The highest BCUT2D eigenvalue weighted by Gasteiger charge is 2.30. The first-order valence-corrected chi connectivity index (χ1v) is 46.4. The second-order valence-corrected chi connectivity index (χ2v) is 34.3. The minimum Gasteiger partial charge on any atom is -0.462 e. The van der Waals surface area contributed by atoms with Gasteiger partial charge >= 0.3 is 39.5 Å². The molecule has 3 N–H and O–H groups in total. The molecule has 0 amide bonds. The largest absolute Gasteiger partial charge is 0.472 e. The average molecular weight is 1510 g/mol. The summed E-state index contributed by atoms with van der Waals surface area (Å²) in [5, 5.41) is 10.7. The number of hydrogen-bond donors (Lipinski definition) is 3. The van der Waals surface area contributed by atoms with Crippen molar-refractivity contribution in [3.8, 4) is 0 Å². The quantitative estimate of drug-likeness (QED) is 0.0222. The monoisotopic (exact) mass is 1510 g/mol. The van der Waals surface area contributed by atoms with Crippen LogP contribution >= 0.6 is 15.6 Å². The van der Waals surface area contributed by atoms with Gasteiger partial charge in [0.2, 0.25) is 0 Å². The van der Waals surface area contributed by atoms with Gasteiger partial charge in [0.05, 0.1) is 26.4 Å². The first kappa shape index (κ1) is 101. The number of aliphatic hydroxyl groups excluding tert-OH is 1. The summed E-state index contributed by atoms with van der Waals surface area (Å²) >= 11 is 0. The summed E-state index contributed by atoms with van der Waals surface area (Å²) in [6.45, 7) is 12.0. The molecule has 0 aliphatic carbocycles. The molecule has 0 aliphatic heterocycles. The van der Waals surface area contributed by atoms with Crippen molar-refractivity contribution in [3.05, 3.63) is 0 Å². The van der Waals surface area contributed by atoms with Crippen LogP contribution in [0.4, 0.5) is 0 Å². The molecule has 3 unspecified atom stereocenters. The first-order valence-electron chi connectivity index (χ1n) is 43.4. The number of carbonyl (C=O) groups excluding carboxylic acids is 4. The predicted octanol–water partition coefficient (Wildman–Crippen LogP) is 25.3. The lowest BCUT2D eigenvalue weighted by Crippen LogP contribution is -2.30. The maximum Gasteiger partial charge on any atom is 0.472 e. The second kappa shape index (κ2) is 74.2. The fourth-order valence-electron chi connectivity index (χ4n) is 13.0. The fourth-order valence-corrected chi connectivity index (χ4v) is 14.6. The number of phosphoric acid groups is 2. The molecule has 0 aromatic rings. The van der Waals surface area contributed by atoms with Crippen molar-refractivity contribution in [1.29, 1.82) is 0 Å². The van der Waals surface area contributed by atoms with Crippen molar-refractivity contribution in [2.45, 2.75) is 458 Å². The van der Waals surface area contributed by atoms with E-state index >= 15 is 0 Å². The van der Waals surface area contributed by atoms with E-state index in [0.29, 0.717) is 25.7 Å². The third-order valence-electron chi connectivity index (χ3n) is 20.0. The highest BCUT2D eigenvalue weighted by atomic mass is 31.2. The Kier molecular flexibility index (Phi) is 72.8. The molecule has 0 aliphatic rings. The Hall–Kier alpha value is -1.94. The number of hydrogen-bond acceptors (Lipinski definition) is 15. The van der Waals surface area contributed by atoms with Crippen molar-refractivity contribution in [1.82, 2.24) is 0 Å². The number of unbranched alkanes of at least 4 members (excludes halogenated alkanes) is 49. The van der Waals surface area contributed by atoms with E-state index in [9.17, 15) is 43.2 Å². The molecule has 0 radical (unpaired) electrons. The number of esters is 4. The summed E-state index contributed by atoms with van der Waals surface area (Å²) in [5.74, 6) is 0.294. The normalized spacial score (nSPS) is 14.2. The molecule has 17 nitrogen and oxygen atoms in total. The van der Waals surface area contributed by atoms with Crippen LogP contribution in [-0.4, -0.2) is 96.7 Å². The molecule has 103 heavy (non-hydrogen) atoms. The number of rotatable bonds is 82. The smallest absolute Gasteiger partial charge is 0.462 e. The molecule has 612 valence electrons. The van der Waals surface area contributed by atoms with Crippen molar-refractivity contribution in [2.75, 3.05) is 39.6 Å². The van der Waals surface area contributed by atoms with Gasteiger partial charge in [-0.3, -0.25) is 37.3 Å². The Labute approximate surface area is 632 Å². The van der Waals surface area contributed by atoms with Crippen LogP contribution in [0.2, 0.25) is 0 Å². The van der Waals surface area contributed by atoms with E-state index in [0.717, 1.165) is 108 Å². The molecule has 0 aromatic carbocycles. The van der Waals surface area contributed by atoms with Crippen LogP contribution in [0.25, 0.3) is 0 Å². The Morgan fingerprint density at radius 3 is 0.738 bits per heavy atom. The highest BCUT2D eigenvalue weighted by Crippen LogP contribution is 2.45. The summed E-state index contributed by atoms with van der Waals surface area (Å²) in [6.07, 6.45) is 63.8. The van der Waals surface area contributed by atoms with E-state index in [-0.39, 0.29) is 25.7 Å². The van der Waals surface area contributed by atoms with E-state index in [1.807, 2.05) is 0 Å². The maximum absolute atomic E-state index is 13.1. The van der Waals surface area contributed by atoms with Crippen LogP contribution < -0.4 is 0 Å². The Bertz CT molecular complexity index is 1990. The Balaban J connectivity index is 5.22. The molecule has 0 aromatic heterocycles. The van der Waals surface area contributed by atoms with Gasteiger partial charge < -0.3 is 33.8 Å². The molecule has 0 heterocycles. The number of phosphoric ester groups is 2. The van der Waals surface area contributed by atoms with E-state index < -0.39 is 97.5 Å². The van der Waals surface area contributed by atoms with Crippen molar-refractivity contribution >= 4 is 39.5 Å². The van der Waals surface area contributed by atoms with E-state index in [4.69, 9.17) is 37.0 Å². The third kappa shape index (κ3) is 76.6. The zero-order valence-corrected chi connectivity index (χ0v) is 69.6. The lowest BCUT2D eigenvalue weighted by molar-refractivity contribution is -0.161. The van der Waals surface area contributed by atoms with E-state index in [1.165, 1.54) is 250 Å². The number of aliphatic hydroxyl groups is 1. The molecule has 0 spiro atoms. The van der Waals surface area contributed by atoms with Gasteiger partial charge in [-0.05, 0) is 43.4 Å². The molecular weight excluding hydrogens is 1340 g/mol. The van der Waals surface area contributed by atoms with Crippen molar-refractivity contribution < 1.29 is 80.2 Å². The fraction of sp³-hybridized carbons (Fsp3) is 0.952. The van der Waals surface area contributed by atoms with Gasteiger partial charge in [-0.2, -0.15) is 0 Å². The molecular formula is C84H164O17P2. The summed E-state index contributed by atoms with van der Waals surface area (Å²) in [7, 11) is -9.92. The average Bonchev–Trinajstić information content (AvgIpc) is 0.918. The van der Waals surface area contributed by atoms with Crippen LogP contribution in [0, 0.1) is 17.8 Å². The molecule has 6 atom stereocenters. The first-order chi connectivity index (χ1) is 49.8. The zero-order valence-electron chi connectivity index (χ0n) is 67.8. The van der Waals surface area contributed by atoms with Crippen LogP contribution in [0.1, 0.15) is 440 Å². The van der Waals surface area contributed by atoms with Crippen molar-refractivity contribution in [2.24, 2.45) is 17.8 Å². The maximum atomic E-state index is 13.1. The van der Waals surface area contributed by atoms with Crippen LogP contribution in [0.15, 0.2) is 0 Å². The molecule has 0 saturated carbocycles. The van der Waals surface area contributed by atoms with Gasteiger partial charge in [-0.1, -0.05) is 389 Å². The summed E-state index contributed by atoms with van der Waals surface area (Å²) in [4.78, 5) is 73.1. The number of ether oxygens (including phenoxy) is 4. The highest BCUT2D eigenvalue weighted by molar-refractivity contribution is 7.47. The zero-order chi connectivity index (χ0) is 75.8. The summed E-state index contributed by atoms with van der Waals surface area (Å²) in [5.41, 5.74) is 0. The van der Waals surface area contributed by atoms with E-state index in [1.54, 1.807) is 0 Å². The molecule has 0 bridgehead atoms. The lowest BCUT2D eigenvalue weighted by Gasteiger charge is -2.21. The van der Waals surface area contributed by atoms with Gasteiger partial charge in [0.25, 0.3) is 0 Å².